The Kier molecular flexibility index (Phi) is 4.79. The first kappa shape index (κ1) is 14.6. The number of nitrogens with one attached hydrogen (secondary N) is 1. The number of halogens is 1. The second-order valence-electron chi connectivity index (χ2n) is 4.15. The molecule has 0 fully saturated rings. The molecule has 1 aromatic carbocycles. The number of nitrogens with zero attached hydrogens (tertiary/aromatic N) is 1. The number of methoxy groups -OCH3 is 1. The van der Waals surface area contributed by atoms with Gasteiger partial charge in [-0.05, 0) is 18.2 Å². The molecule has 5 nitrogen and oxygen atoms in total. The number of carbonyl (C=O) groups is 1. The van der Waals surface area contributed by atoms with Gasteiger partial charge in [-0.25, -0.2) is 4.98 Å². The van der Waals surface area contributed by atoms with E-state index in [1.807, 2.05) is 6.92 Å². The number of hydrogen-bond donors (Lipinski definition) is 1. The van der Waals surface area contributed by atoms with Crippen molar-refractivity contribution in [3.63, 3.8) is 0 Å². The zero-order valence-corrected chi connectivity index (χ0v) is 12.9. The van der Waals surface area contributed by atoms with Crippen molar-refractivity contribution >= 4 is 21.8 Å². The quantitative estimate of drug-likeness (QED) is 0.910. The molecule has 0 radical (unpaired) electrons. The number of rotatable bonds is 5. The molecule has 106 valence electrons. The smallest absolute Gasteiger partial charge is 0.251 e. The Balaban J connectivity index is 2.02. The predicted octanol–water partition coefficient (Wildman–Crippen LogP) is 2.94. The van der Waals surface area contributed by atoms with Crippen LogP contribution in [0.15, 0.2) is 33.4 Å². The van der Waals surface area contributed by atoms with Crippen molar-refractivity contribution in [2.45, 2.75) is 19.9 Å². The average molecular weight is 339 g/mol. The summed E-state index contributed by atoms with van der Waals surface area (Å²) in [7, 11) is 1.56. The highest BCUT2D eigenvalue weighted by molar-refractivity contribution is 9.10. The van der Waals surface area contributed by atoms with E-state index in [1.54, 1.807) is 31.6 Å². The minimum absolute atomic E-state index is 0.189. The van der Waals surface area contributed by atoms with E-state index in [9.17, 15) is 4.79 Å². The fourth-order valence-corrected chi connectivity index (χ4v) is 2.15. The zero-order valence-electron chi connectivity index (χ0n) is 11.3. The number of amides is 1. The largest absolute Gasteiger partial charge is 0.497 e. The van der Waals surface area contributed by atoms with Gasteiger partial charge in [0.2, 0.25) is 0 Å². The van der Waals surface area contributed by atoms with Crippen LogP contribution in [0.4, 0.5) is 0 Å². The Bertz CT molecular complexity index is 610. The van der Waals surface area contributed by atoms with Gasteiger partial charge < -0.3 is 14.5 Å². The fourth-order valence-electron chi connectivity index (χ4n) is 1.68. The molecule has 0 aliphatic rings. The Morgan fingerprint density at radius 3 is 2.90 bits per heavy atom. The van der Waals surface area contributed by atoms with E-state index in [4.69, 9.17) is 9.15 Å². The molecule has 1 N–H and O–H groups in total. The van der Waals surface area contributed by atoms with E-state index in [0.29, 0.717) is 29.4 Å². The van der Waals surface area contributed by atoms with Gasteiger partial charge in [0.15, 0.2) is 5.89 Å². The third-order valence-electron chi connectivity index (χ3n) is 2.70. The van der Waals surface area contributed by atoms with E-state index >= 15 is 0 Å². The van der Waals surface area contributed by atoms with Gasteiger partial charge in [-0.2, -0.15) is 0 Å². The number of aryl methyl sites for hydroxylation is 1. The van der Waals surface area contributed by atoms with Crippen LogP contribution in [-0.4, -0.2) is 18.0 Å². The van der Waals surface area contributed by atoms with Crippen molar-refractivity contribution in [2.24, 2.45) is 0 Å². The van der Waals surface area contributed by atoms with E-state index in [-0.39, 0.29) is 5.91 Å². The molecule has 0 saturated heterocycles. The highest BCUT2D eigenvalue weighted by atomic mass is 79.9. The van der Waals surface area contributed by atoms with Gasteiger partial charge in [0.25, 0.3) is 5.91 Å². The predicted molar refractivity (Wildman–Crippen MR) is 77.7 cm³/mol. The van der Waals surface area contributed by atoms with Crippen LogP contribution >= 0.6 is 15.9 Å². The summed E-state index contributed by atoms with van der Waals surface area (Å²) < 4.78 is 11.1. The lowest BCUT2D eigenvalue weighted by Crippen LogP contribution is -2.23. The molecule has 1 amide bonds. The van der Waals surface area contributed by atoms with Crippen LogP contribution in [0.1, 0.15) is 28.9 Å². The van der Waals surface area contributed by atoms with Gasteiger partial charge in [-0.15, -0.1) is 0 Å². The van der Waals surface area contributed by atoms with E-state index in [2.05, 4.69) is 26.2 Å². The second-order valence-corrected chi connectivity index (χ2v) is 5.06. The maximum absolute atomic E-state index is 12.1. The van der Waals surface area contributed by atoms with Crippen molar-refractivity contribution in [2.75, 3.05) is 7.11 Å². The highest BCUT2D eigenvalue weighted by Gasteiger charge is 2.10. The number of carbonyl (C=O) groups excluding carboxylic acids is 1. The summed E-state index contributed by atoms with van der Waals surface area (Å²) in [6, 6.07) is 5.21. The number of oxazole rings is 1. The molecular weight excluding hydrogens is 324 g/mol. The lowest BCUT2D eigenvalue weighted by atomic mass is 10.2. The van der Waals surface area contributed by atoms with Crippen molar-refractivity contribution in [1.29, 1.82) is 0 Å². The standard InChI is InChI=1S/C14H15BrN2O3/c1-3-13-17-11(8-20-13)7-16-14(18)9-4-10(15)6-12(5-9)19-2/h4-6,8H,3,7H2,1-2H3,(H,16,18). The molecule has 1 heterocycles. The first-order valence-corrected chi connectivity index (χ1v) is 6.97. The lowest BCUT2D eigenvalue weighted by molar-refractivity contribution is 0.0950. The highest BCUT2D eigenvalue weighted by Crippen LogP contribution is 2.21. The van der Waals surface area contributed by atoms with E-state index in [1.165, 1.54) is 0 Å². The zero-order chi connectivity index (χ0) is 14.5. The fraction of sp³-hybridized carbons (Fsp3) is 0.286. The Hall–Kier alpha value is -1.82. The number of hydrogen-bond acceptors (Lipinski definition) is 4. The number of benzene rings is 1. The van der Waals surface area contributed by atoms with Crippen LogP contribution in [-0.2, 0) is 13.0 Å². The maximum atomic E-state index is 12.1. The summed E-state index contributed by atoms with van der Waals surface area (Å²) in [6.07, 6.45) is 2.29. The monoisotopic (exact) mass is 338 g/mol. The van der Waals surface area contributed by atoms with Crippen molar-refractivity contribution in [1.82, 2.24) is 10.3 Å². The van der Waals surface area contributed by atoms with Crippen molar-refractivity contribution in [3.8, 4) is 5.75 Å². The summed E-state index contributed by atoms with van der Waals surface area (Å²) in [5.41, 5.74) is 1.23. The van der Waals surface area contributed by atoms with Gasteiger partial charge in [0, 0.05) is 16.5 Å². The minimum atomic E-state index is -0.189. The summed E-state index contributed by atoms with van der Waals surface area (Å²) in [6.45, 7) is 2.29. The maximum Gasteiger partial charge on any atom is 0.251 e. The normalized spacial score (nSPS) is 10.3. The Labute approximate surface area is 125 Å². The first-order valence-electron chi connectivity index (χ1n) is 6.18. The van der Waals surface area contributed by atoms with E-state index in [0.717, 1.165) is 10.9 Å². The van der Waals surface area contributed by atoms with Crippen LogP contribution in [0.5, 0.6) is 5.75 Å². The van der Waals surface area contributed by atoms with Gasteiger partial charge in [0.1, 0.15) is 12.0 Å². The molecular formula is C14H15BrN2O3. The summed E-state index contributed by atoms with van der Waals surface area (Å²) in [5, 5.41) is 2.79. The van der Waals surface area contributed by atoms with E-state index < -0.39 is 0 Å². The molecule has 0 atom stereocenters. The average Bonchev–Trinajstić information content (AvgIpc) is 2.92. The SMILES string of the molecule is CCc1nc(CNC(=O)c2cc(Br)cc(OC)c2)co1. The molecule has 0 saturated carbocycles. The second kappa shape index (κ2) is 6.56. The Morgan fingerprint density at radius 2 is 2.25 bits per heavy atom. The van der Waals surface area contributed by atoms with Crippen LogP contribution in [0.25, 0.3) is 0 Å². The van der Waals surface area contributed by atoms with Crippen molar-refractivity contribution < 1.29 is 13.9 Å². The van der Waals surface area contributed by atoms with Crippen LogP contribution in [0.3, 0.4) is 0 Å². The van der Waals surface area contributed by atoms with Crippen LogP contribution in [0.2, 0.25) is 0 Å². The van der Waals surface area contributed by atoms with Gasteiger partial charge in [0.05, 0.1) is 19.3 Å². The summed E-state index contributed by atoms with van der Waals surface area (Å²) in [5.74, 6) is 1.10. The molecule has 0 aliphatic heterocycles. The molecule has 0 bridgehead atoms. The van der Waals surface area contributed by atoms with Crippen molar-refractivity contribution in [3.05, 3.63) is 46.1 Å². The molecule has 2 rings (SSSR count). The van der Waals surface area contributed by atoms with Gasteiger partial charge in [-0.1, -0.05) is 22.9 Å². The first-order chi connectivity index (χ1) is 9.62. The third kappa shape index (κ3) is 3.60. The number of ether oxygens (including phenoxy) is 1. The topological polar surface area (TPSA) is 64.4 Å². The number of aromatic nitrogens is 1. The molecule has 1 aromatic heterocycles. The molecule has 0 unspecified atom stereocenters. The molecule has 0 spiro atoms. The lowest BCUT2D eigenvalue weighted by Gasteiger charge is -2.06. The van der Waals surface area contributed by atoms with Gasteiger partial charge in [-0.3, -0.25) is 4.79 Å². The minimum Gasteiger partial charge on any atom is -0.497 e. The van der Waals surface area contributed by atoms with Gasteiger partial charge >= 0.3 is 0 Å². The molecule has 6 heteroatoms. The summed E-state index contributed by atoms with van der Waals surface area (Å²) >= 11 is 3.34. The van der Waals surface area contributed by atoms with Crippen LogP contribution in [0, 0.1) is 0 Å². The molecule has 0 aliphatic carbocycles. The molecule has 2 aromatic rings. The third-order valence-corrected chi connectivity index (χ3v) is 3.16. The Morgan fingerprint density at radius 1 is 1.45 bits per heavy atom. The summed E-state index contributed by atoms with van der Waals surface area (Å²) in [4.78, 5) is 16.3. The molecule has 20 heavy (non-hydrogen) atoms. The van der Waals surface area contributed by atoms with Crippen LogP contribution < -0.4 is 10.1 Å².